The number of aromatic nitrogens is 1. The van der Waals surface area contributed by atoms with E-state index in [0.717, 1.165) is 23.9 Å². The molecule has 1 atom stereocenters. The summed E-state index contributed by atoms with van der Waals surface area (Å²) in [5, 5.41) is 7.65. The van der Waals surface area contributed by atoms with Crippen LogP contribution in [-0.2, 0) is 6.54 Å². The van der Waals surface area contributed by atoms with E-state index in [1.807, 2.05) is 6.20 Å². The molecule has 0 bridgehead atoms. The molecule has 0 aliphatic carbocycles. The third-order valence-corrected chi connectivity index (χ3v) is 3.21. The second-order valence-corrected chi connectivity index (χ2v) is 5.06. The second kappa shape index (κ2) is 6.48. The van der Waals surface area contributed by atoms with Crippen LogP contribution in [0.1, 0.15) is 30.2 Å². The normalized spacial score (nSPS) is 13.6. The summed E-state index contributed by atoms with van der Waals surface area (Å²) in [5.41, 5.74) is 0. The predicted molar refractivity (Wildman–Crippen MR) is 69.9 cm³/mol. The fourth-order valence-electron chi connectivity index (χ4n) is 1.17. The first kappa shape index (κ1) is 13.0. The molecular weight excluding hydrogens is 220 g/mol. The van der Waals surface area contributed by atoms with E-state index in [-0.39, 0.29) is 0 Å². The first-order chi connectivity index (χ1) is 7.65. The minimum absolute atomic E-state index is 0.434. The summed E-state index contributed by atoms with van der Waals surface area (Å²) in [6.07, 6.45) is 2.98. The van der Waals surface area contributed by atoms with Gasteiger partial charge in [0.2, 0.25) is 0 Å². The van der Waals surface area contributed by atoms with Crippen molar-refractivity contribution < 1.29 is 0 Å². The van der Waals surface area contributed by atoms with E-state index in [9.17, 15) is 0 Å². The van der Waals surface area contributed by atoms with Crippen LogP contribution in [0.25, 0.3) is 0 Å². The molecule has 1 rings (SSSR count). The smallest absolute Gasteiger partial charge is 0.191 e. The van der Waals surface area contributed by atoms with Crippen molar-refractivity contribution in [1.82, 2.24) is 15.6 Å². The lowest BCUT2D eigenvalue weighted by Crippen LogP contribution is -2.41. The SMILES string of the molecule is CCC(C)NC(=NC)NCc1ncc(C)s1. The summed E-state index contributed by atoms with van der Waals surface area (Å²) in [6.45, 7) is 7.08. The van der Waals surface area contributed by atoms with E-state index in [2.05, 4.69) is 41.4 Å². The van der Waals surface area contributed by atoms with Crippen molar-refractivity contribution in [3.05, 3.63) is 16.1 Å². The van der Waals surface area contributed by atoms with Gasteiger partial charge in [0.15, 0.2) is 5.96 Å². The summed E-state index contributed by atoms with van der Waals surface area (Å²) in [7, 11) is 1.78. The highest BCUT2D eigenvalue weighted by molar-refractivity contribution is 7.11. The fraction of sp³-hybridized carbons (Fsp3) is 0.636. The molecule has 0 aliphatic rings. The number of nitrogens with one attached hydrogen (secondary N) is 2. The van der Waals surface area contributed by atoms with Crippen molar-refractivity contribution >= 4 is 17.3 Å². The van der Waals surface area contributed by atoms with Crippen LogP contribution in [0.5, 0.6) is 0 Å². The van der Waals surface area contributed by atoms with Crippen LogP contribution >= 0.6 is 11.3 Å². The number of thiazole rings is 1. The molecule has 1 aromatic rings. The molecule has 0 amide bonds. The molecule has 0 aromatic carbocycles. The van der Waals surface area contributed by atoms with Crippen LogP contribution in [0.3, 0.4) is 0 Å². The summed E-state index contributed by atoms with van der Waals surface area (Å²) in [4.78, 5) is 9.70. The Morgan fingerprint density at radius 3 is 2.88 bits per heavy atom. The third kappa shape index (κ3) is 4.18. The van der Waals surface area contributed by atoms with Crippen molar-refractivity contribution in [3.8, 4) is 0 Å². The lowest BCUT2D eigenvalue weighted by atomic mass is 10.3. The number of aryl methyl sites for hydroxylation is 1. The van der Waals surface area contributed by atoms with Gasteiger partial charge in [-0.1, -0.05) is 6.92 Å². The zero-order valence-corrected chi connectivity index (χ0v) is 11.2. The maximum atomic E-state index is 4.29. The zero-order chi connectivity index (χ0) is 12.0. The van der Waals surface area contributed by atoms with E-state index in [0.29, 0.717) is 6.04 Å². The standard InChI is InChI=1S/C11H20N4S/c1-5-8(2)15-11(12-4)14-7-10-13-6-9(3)16-10/h6,8H,5,7H2,1-4H3,(H2,12,14,15). The first-order valence-corrected chi connectivity index (χ1v) is 6.35. The van der Waals surface area contributed by atoms with Gasteiger partial charge in [-0.3, -0.25) is 4.99 Å². The topological polar surface area (TPSA) is 49.3 Å². The van der Waals surface area contributed by atoms with Crippen LogP contribution in [-0.4, -0.2) is 24.0 Å². The number of hydrogen-bond donors (Lipinski definition) is 2. The highest BCUT2D eigenvalue weighted by Gasteiger charge is 2.03. The Hall–Kier alpha value is -1.10. The number of rotatable bonds is 4. The average molecular weight is 240 g/mol. The van der Waals surface area contributed by atoms with Gasteiger partial charge in [0.1, 0.15) is 5.01 Å². The van der Waals surface area contributed by atoms with Crippen molar-refractivity contribution in [2.75, 3.05) is 7.05 Å². The van der Waals surface area contributed by atoms with E-state index >= 15 is 0 Å². The van der Waals surface area contributed by atoms with Crippen molar-refractivity contribution in [1.29, 1.82) is 0 Å². The molecule has 0 aliphatic heterocycles. The van der Waals surface area contributed by atoms with Crippen molar-refractivity contribution in [2.45, 2.75) is 39.8 Å². The lowest BCUT2D eigenvalue weighted by molar-refractivity contribution is 0.624. The first-order valence-electron chi connectivity index (χ1n) is 5.54. The van der Waals surface area contributed by atoms with Gasteiger partial charge < -0.3 is 10.6 Å². The lowest BCUT2D eigenvalue weighted by Gasteiger charge is -2.15. The van der Waals surface area contributed by atoms with Crippen LogP contribution in [0.15, 0.2) is 11.2 Å². The number of nitrogens with zero attached hydrogens (tertiary/aromatic N) is 2. The summed E-state index contributed by atoms with van der Waals surface area (Å²) < 4.78 is 0. The molecule has 0 radical (unpaired) electrons. The number of guanidine groups is 1. The van der Waals surface area contributed by atoms with Gasteiger partial charge in [-0.15, -0.1) is 11.3 Å². The van der Waals surface area contributed by atoms with Crippen LogP contribution in [0, 0.1) is 6.92 Å². The van der Waals surface area contributed by atoms with Crippen molar-refractivity contribution in [2.24, 2.45) is 4.99 Å². The summed E-state index contributed by atoms with van der Waals surface area (Å²) in [6, 6.07) is 0.434. The third-order valence-electron chi connectivity index (χ3n) is 2.30. The molecule has 90 valence electrons. The molecule has 0 saturated heterocycles. The Labute approximate surface area is 101 Å². The molecular formula is C11H20N4S. The molecule has 0 fully saturated rings. The molecule has 2 N–H and O–H groups in total. The van der Waals surface area contributed by atoms with Crippen LogP contribution in [0.2, 0.25) is 0 Å². The van der Waals surface area contributed by atoms with Gasteiger partial charge in [-0.25, -0.2) is 4.98 Å². The summed E-state index contributed by atoms with van der Waals surface area (Å²) >= 11 is 1.71. The molecule has 16 heavy (non-hydrogen) atoms. The van der Waals surface area contributed by atoms with E-state index in [1.165, 1.54) is 4.88 Å². The maximum absolute atomic E-state index is 4.29. The molecule has 5 heteroatoms. The van der Waals surface area contributed by atoms with Gasteiger partial charge >= 0.3 is 0 Å². The maximum Gasteiger partial charge on any atom is 0.191 e. The minimum atomic E-state index is 0.434. The Morgan fingerprint density at radius 1 is 1.62 bits per heavy atom. The van der Waals surface area contributed by atoms with Gasteiger partial charge in [0.25, 0.3) is 0 Å². The van der Waals surface area contributed by atoms with Gasteiger partial charge in [-0.2, -0.15) is 0 Å². The Kier molecular flexibility index (Phi) is 5.25. The molecule has 1 heterocycles. The molecule has 1 unspecified atom stereocenters. The summed E-state index contributed by atoms with van der Waals surface area (Å²) in [5.74, 6) is 0.835. The molecule has 4 nitrogen and oxygen atoms in total. The van der Waals surface area contributed by atoms with Gasteiger partial charge in [-0.05, 0) is 20.3 Å². The monoisotopic (exact) mass is 240 g/mol. The van der Waals surface area contributed by atoms with E-state index in [1.54, 1.807) is 18.4 Å². The van der Waals surface area contributed by atoms with Crippen LogP contribution in [0.4, 0.5) is 0 Å². The Morgan fingerprint density at radius 2 is 2.38 bits per heavy atom. The fourth-order valence-corrected chi connectivity index (χ4v) is 1.90. The molecule has 1 aromatic heterocycles. The Balaban J connectivity index is 2.40. The highest BCUT2D eigenvalue weighted by atomic mass is 32.1. The minimum Gasteiger partial charge on any atom is -0.354 e. The predicted octanol–water partition coefficient (Wildman–Crippen LogP) is 1.92. The second-order valence-electron chi connectivity index (χ2n) is 3.74. The molecule has 0 spiro atoms. The van der Waals surface area contributed by atoms with Gasteiger partial charge in [0.05, 0.1) is 6.54 Å². The average Bonchev–Trinajstić information content (AvgIpc) is 2.69. The van der Waals surface area contributed by atoms with Gasteiger partial charge in [0, 0.05) is 24.2 Å². The van der Waals surface area contributed by atoms with Crippen molar-refractivity contribution in [3.63, 3.8) is 0 Å². The van der Waals surface area contributed by atoms with E-state index < -0.39 is 0 Å². The number of hydrogen-bond acceptors (Lipinski definition) is 3. The zero-order valence-electron chi connectivity index (χ0n) is 10.4. The Bertz CT molecular complexity index is 346. The largest absolute Gasteiger partial charge is 0.354 e. The highest BCUT2D eigenvalue weighted by Crippen LogP contribution is 2.10. The van der Waals surface area contributed by atoms with E-state index in [4.69, 9.17) is 0 Å². The quantitative estimate of drug-likeness (QED) is 0.624. The van der Waals surface area contributed by atoms with Crippen LogP contribution < -0.4 is 10.6 Å². The molecule has 0 saturated carbocycles. The number of aliphatic imine (C=N–C) groups is 1.